The summed E-state index contributed by atoms with van der Waals surface area (Å²) in [6.45, 7) is 2.18. The van der Waals surface area contributed by atoms with Crippen LogP contribution in [-0.2, 0) is 6.54 Å². The van der Waals surface area contributed by atoms with Gasteiger partial charge in [-0.2, -0.15) is 0 Å². The minimum Gasteiger partial charge on any atom is -0.312 e. The zero-order valence-corrected chi connectivity index (χ0v) is 14.2. The molecule has 3 heteroatoms. The SMILES string of the molecule is CN(C)[C@H]1CC[C@H](CNCc2ccc(I)cc2)CC1. The maximum Gasteiger partial charge on any atom is 0.0205 e. The van der Waals surface area contributed by atoms with Gasteiger partial charge in [0.2, 0.25) is 0 Å². The molecule has 0 heterocycles. The molecule has 2 nitrogen and oxygen atoms in total. The molecule has 0 aliphatic heterocycles. The largest absolute Gasteiger partial charge is 0.312 e. The number of nitrogens with one attached hydrogen (secondary N) is 1. The van der Waals surface area contributed by atoms with Crippen molar-refractivity contribution in [2.45, 2.75) is 38.3 Å². The third-order valence-electron chi connectivity index (χ3n) is 4.22. The standard InChI is InChI=1S/C16H25IN2/c1-19(2)16-9-5-14(6-10-16)12-18-11-13-3-7-15(17)8-4-13/h3-4,7-8,14,16,18H,5-6,9-12H2,1-2H3/t14-,16-. The summed E-state index contributed by atoms with van der Waals surface area (Å²) in [5.41, 5.74) is 1.39. The van der Waals surface area contributed by atoms with Crippen LogP contribution in [0.15, 0.2) is 24.3 Å². The fourth-order valence-corrected chi connectivity index (χ4v) is 3.25. The molecule has 0 atom stereocenters. The van der Waals surface area contributed by atoms with Gasteiger partial charge < -0.3 is 10.2 Å². The number of nitrogens with zero attached hydrogens (tertiary/aromatic N) is 1. The average Bonchev–Trinajstić information content (AvgIpc) is 2.41. The zero-order valence-electron chi connectivity index (χ0n) is 12.0. The first-order valence-corrected chi connectivity index (χ1v) is 8.34. The minimum atomic E-state index is 0.812. The van der Waals surface area contributed by atoms with Gasteiger partial charge >= 0.3 is 0 Å². The van der Waals surface area contributed by atoms with Crippen LogP contribution in [0.4, 0.5) is 0 Å². The summed E-state index contributed by atoms with van der Waals surface area (Å²) >= 11 is 2.35. The molecular weight excluding hydrogens is 347 g/mol. The minimum absolute atomic E-state index is 0.812. The number of hydrogen-bond acceptors (Lipinski definition) is 2. The second kappa shape index (κ2) is 7.60. The molecule has 1 aromatic rings. The highest BCUT2D eigenvalue weighted by Crippen LogP contribution is 2.26. The Bertz CT molecular complexity index is 367. The number of halogens is 1. The molecule has 0 radical (unpaired) electrons. The monoisotopic (exact) mass is 372 g/mol. The molecule has 106 valence electrons. The molecule has 0 bridgehead atoms. The second-order valence-corrected chi connectivity index (χ2v) is 7.14. The second-order valence-electron chi connectivity index (χ2n) is 5.90. The molecular formula is C16H25IN2. The Morgan fingerprint density at radius 1 is 1.11 bits per heavy atom. The smallest absolute Gasteiger partial charge is 0.0205 e. The average molecular weight is 372 g/mol. The van der Waals surface area contributed by atoms with E-state index in [2.05, 4.69) is 71.2 Å². The van der Waals surface area contributed by atoms with Crippen molar-refractivity contribution < 1.29 is 0 Å². The van der Waals surface area contributed by atoms with Crippen molar-refractivity contribution in [1.82, 2.24) is 10.2 Å². The van der Waals surface area contributed by atoms with E-state index < -0.39 is 0 Å². The summed E-state index contributed by atoms with van der Waals surface area (Å²) in [6.07, 6.45) is 5.48. The lowest BCUT2D eigenvalue weighted by Crippen LogP contribution is -2.34. The summed E-state index contributed by atoms with van der Waals surface area (Å²) in [7, 11) is 4.42. The van der Waals surface area contributed by atoms with Gasteiger partial charge in [-0.05, 0) is 92.5 Å². The van der Waals surface area contributed by atoms with E-state index in [9.17, 15) is 0 Å². The van der Waals surface area contributed by atoms with E-state index in [-0.39, 0.29) is 0 Å². The molecule has 1 saturated carbocycles. The lowest BCUT2D eigenvalue weighted by molar-refractivity contribution is 0.191. The Hall–Kier alpha value is -0.130. The predicted octanol–water partition coefficient (Wildman–Crippen LogP) is 3.50. The molecule has 0 amide bonds. The maximum absolute atomic E-state index is 3.62. The molecule has 0 saturated heterocycles. The first-order valence-electron chi connectivity index (χ1n) is 7.26. The van der Waals surface area contributed by atoms with E-state index >= 15 is 0 Å². The van der Waals surface area contributed by atoms with Gasteiger partial charge in [0.05, 0.1) is 0 Å². The number of rotatable bonds is 5. The van der Waals surface area contributed by atoms with Crippen molar-refractivity contribution in [2.75, 3.05) is 20.6 Å². The Morgan fingerprint density at radius 3 is 2.32 bits per heavy atom. The van der Waals surface area contributed by atoms with Crippen molar-refractivity contribution in [3.8, 4) is 0 Å². The highest BCUT2D eigenvalue weighted by Gasteiger charge is 2.21. The van der Waals surface area contributed by atoms with E-state index in [0.717, 1.165) is 18.5 Å². The van der Waals surface area contributed by atoms with Crippen LogP contribution in [0.3, 0.4) is 0 Å². The highest BCUT2D eigenvalue weighted by molar-refractivity contribution is 14.1. The van der Waals surface area contributed by atoms with Crippen LogP contribution < -0.4 is 5.32 Å². The quantitative estimate of drug-likeness (QED) is 0.796. The van der Waals surface area contributed by atoms with Crippen molar-refractivity contribution >= 4 is 22.6 Å². The van der Waals surface area contributed by atoms with Gasteiger partial charge in [0.15, 0.2) is 0 Å². The summed E-state index contributed by atoms with van der Waals surface area (Å²) in [6, 6.07) is 9.61. The zero-order chi connectivity index (χ0) is 13.7. The number of benzene rings is 1. The first-order chi connectivity index (χ1) is 9.15. The van der Waals surface area contributed by atoms with Gasteiger partial charge in [-0.25, -0.2) is 0 Å². The molecule has 1 aromatic carbocycles. The van der Waals surface area contributed by atoms with Crippen molar-refractivity contribution in [1.29, 1.82) is 0 Å². The van der Waals surface area contributed by atoms with Gasteiger partial charge in [0.1, 0.15) is 0 Å². The Labute approximate surface area is 131 Å². The van der Waals surface area contributed by atoms with Crippen molar-refractivity contribution in [3.63, 3.8) is 0 Å². The molecule has 2 rings (SSSR count). The lowest BCUT2D eigenvalue weighted by Gasteiger charge is -2.32. The Kier molecular flexibility index (Phi) is 6.10. The Balaban J connectivity index is 1.65. The maximum atomic E-state index is 3.62. The van der Waals surface area contributed by atoms with Crippen LogP contribution in [0.25, 0.3) is 0 Å². The first kappa shape index (κ1) is 15.3. The topological polar surface area (TPSA) is 15.3 Å². The van der Waals surface area contributed by atoms with Crippen molar-refractivity contribution in [2.24, 2.45) is 5.92 Å². The fraction of sp³-hybridized carbons (Fsp3) is 0.625. The molecule has 1 N–H and O–H groups in total. The lowest BCUT2D eigenvalue weighted by atomic mass is 9.85. The van der Waals surface area contributed by atoms with Gasteiger partial charge in [0, 0.05) is 16.2 Å². The molecule has 0 aromatic heterocycles. The van der Waals surface area contributed by atoms with Crippen LogP contribution in [-0.4, -0.2) is 31.6 Å². The third kappa shape index (κ3) is 5.04. The fourth-order valence-electron chi connectivity index (χ4n) is 2.89. The van der Waals surface area contributed by atoms with E-state index in [4.69, 9.17) is 0 Å². The summed E-state index contributed by atoms with van der Waals surface area (Å²) in [5.74, 6) is 0.875. The van der Waals surface area contributed by atoms with Crippen LogP contribution in [0, 0.1) is 9.49 Å². The van der Waals surface area contributed by atoms with Gasteiger partial charge in [-0.1, -0.05) is 12.1 Å². The van der Waals surface area contributed by atoms with Crippen LogP contribution in [0.2, 0.25) is 0 Å². The molecule has 0 unspecified atom stereocenters. The van der Waals surface area contributed by atoms with E-state index in [1.54, 1.807) is 0 Å². The molecule has 1 aliphatic rings. The van der Waals surface area contributed by atoms with Crippen LogP contribution in [0.1, 0.15) is 31.2 Å². The van der Waals surface area contributed by atoms with Crippen LogP contribution >= 0.6 is 22.6 Å². The highest BCUT2D eigenvalue weighted by atomic mass is 127. The third-order valence-corrected chi connectivity index (χ3v) is 4.94. The van der Waals surface area contributed by atoms with E-state index in [1.165, 1.54) is 41.4 Å². The van der Waals surface area contributed by atoms with Crippen LogP contribution in [0.5, 0.6) is 0 Å². The van der Waals surface area contributed by atoms with Gasteiger partial charge in [-0.15, -0.1) is 0 Å². The van der Waals surface area contributed by atoms with Crippen molar-refractivity contribution in [3.05, 3.63) is 33.4 Å². The number of hydrogen-bond donors (Lipinski definition) is 1. The summed E-state index contributed by atoms with van der Waals surface area (Å²) in [4.78, 5) is 2.38. The molecule has 19 heavy (non-hydrogen) atoms. The molecule has 1 aliphatic carbocycles. The Morgan fingerprint density at radius 2 is 1.74 bits per heavy atom. The summed E-state index contributed by atoms with van der Waals surface area (Å²) in [5, 5.41) is 3.62. The van der Waals surface area contributed by atoms with E-state index in [0.29, 0.717) is 0 Å². The molecule has 1 fully saturated rings. The predicted molar refractivity (Wildman–Crippen MR) is 90.3 cm³/mol. The van der Waals surface area contributed by atoms with E-state index in [1.807, 2.05) is 0 Å². The normalized spacial score (nSPS) is 23.8. The van der Waals surface area contributed by atoms with Gasteiger partial charge in [0.25, 0.3) is 0 Å². The van der Waals surface area contributed by atoms with Gasteiger partial charge in [-0.3, -0.25) is 0 Å². The summed E-state index contributed by atoms with van der Waals surface area (Å²) < 4.78 is 1.31. The molecule has 0 spiro atoms.